The predicted molar refractivity (Wildman–Crippen MR) is 58.3 cm³/mol. The molecule has 1 aliphatic carbocycles. The Morgan fingerprint density at radius 1 is 1.07 bits per heavy atom. The third-order valence-corrected chi connectivity index (χ3v) is 4.26. The molecular formula is C12H22N2. The van der Waals surface area contributed by atoms with E-state index < -0.39 is 0 Å². The fourth-order valence-electron chi connectivity index (χ4n) is 3.20. The highest BCUT2D eigenvalue weighted by molar-refractivity contribution is 4.95. The zero-order valence-electron chi connectivity index (χ0n) is 9.04. The molecule has 3 rings (SSSR count). The summed E-state index contributed by atoms with van der Waals surface area (Å²) in [7, 11) is 0. The zero-order chi connectivity index (χ0) is 9.38. The van der Waals surface area contributed by atoms with Crippen molar-refractivity contribution in [2.45, 2.75) is 50.6 Å². The third-order valence-electron chi connectivity index (χ3n) is 4.26. The molecule has 0 radical (unpaired) electrons. The Kier molecular flexibility index (Phi) is 2.50. The monoisotopic (exact) mass is 194 g/mol. The largest absolute Gasteiger partial charge is 0.312 e. The van der Waals surface area contributed by atoms with Gasteiger partial charge in [0.25, 0.3) is 0 Å². The van der Waals surface area contributed by atoms with Gasteiger partial charge in [-0.15, -0.1) is 0 Å². The highest BCUT2D eigenvalue weighted by Gasteiger charge is 2.36. The molecule has 2 nitrogen and oxygen atoms in total. The van der Waals surface area contributed by atoms with Crippen molar-refractivity contribution in [1.29, 1.82) is 0 Å². The van der Waals surface area contributed by atoms with Crippen LogP contribution in [0.15, 0.2) is 0 Å². The Bertz CT molecular complexity index is 200. The van der Waals surface area contributed by atoms with Crippen molar-refractivity contribution in [3.63, 3.8) is 0 Å². The van der Waals surface area contributed by atoms with Gasteiger partial charge in [0.15, 0.2) is 0 Å². The average molecular weight is 194 g/mol. The molecule has 14 heavy (non-hydrogen) atoms. The molecule has 2 unspecified atom stereocenters. The number of rotatable bonds is 4. The van der Waals surface area contributed by atoms with Gasteiger partial charge in [0.1, 0.15) is 0 Å². The highest BCUT2D eigenvalue weighted by atomic mass is 15.2. The third kappa shape index (κ3) is 1.82. The molecule has 1 saturated carbocycles. The SMILES string of the molecule is C1CC2C(NCCC3CC3)CCN2C1. The lowest BCUT2D eigenvalue weighted by atomic mass is 10.1. The summed E-state index contributed by atoms with van der Waals surface area (Å²) in [6, 6.07) is 1.73. The Morgan fingerprint density at radius 2 is 2.00 bits per heavy atom. The van der Waals surface area contributed by atoms with Crippen molar-refractivity contribution in [1.82, 2.24) is 10.2 Å². The minimum atomic E-state index is 0.830. The average Bonchev–Trinajstić information content (AvgIpc) is 2.76. The van der Waals surface area contributed by atoms with Gasteiger partial charge in [-0.3, -0.25) is 4.90 Å². The highest BCUT2D eigenvalue weighted by Crippen LogP contribution is 2.32. The lowest BCUT2D eigenvalue weighted by molar-refractivity contribution is 0.298. The second kappa shape index (κ2) is 3.82. The zero-order valence-corrected chi connectivity index (χ0v) is 9.04. The molecule has 0 aromatic carbocycles. The van der Waals surface area contributed by atoms with Crippen molar-refractivity contribution in [3.8, 4) is 0 Å². The van der Waals surface area contributed by atoms with E-state index in [0.29, 0.717) is 0 Å². The van der Waals surface area contributed by atoms with E-state index in [-0.39, 0.29) is 0 Å². The van der Waals surface area contributed by atoms with Crippen LogP contribution in [0.4, 0.5) is 0 Å². The van der Waals surface area contributed by atoms with Gasteiger partial charge in [0, 0.05) is 18.6 Å². The molecule has 3 aliphatic rings. The maximum Gasteiger partial charge on any atom is 0.0250 e. The Balaban J connectivity index is 1.43. The van der Waals surface area contributed by atoms with E-state index in [1.165, 1.54) is 58.2 Å². The molecule has 3 fully saturated rings. The summed E-state index contributed by atoms with van der Waals surface area (Å²) in [6.45, 7) is 4.00. The van der Waals surface area contributed by atoms with Crippen LogP contribution >= 0.6 is 0 Å². The van der Waals surface area contributed by atoms with E-state index in [1.54, 1.807) is 0 Å². The van der Waals surface area contributed by atoms with Crippen LogP contribution in [-0.4, -0.2) is 36.6 Å². The minimum absolute atomic E-state index is 0.830. The summed E-state index contributed by atoms with van der Waals surface area (Å²) >= 11 is 0. The second-order valence-corrected chi connectivity index (χ2v) is 5.33. The molecule has 2 atom stereocenters. The molecule has 2 heteroatoms. The van der Waals surface area contributed by atoms with Crippen molar-refractivity contribution < 1.29 is 0 Å². The fraction of sp³-hybridized carbons (Fsp3) is 1.00. The van der Waals surface area contributed by atoms with E-state index in [9.17, 15) is 0 Å². The van der Waals surface area contributed by atoms with Gasteiger partial charge in [-0.1, -0.05) is 12.8 Å². The van der Waals surface area contributed by atoms with Gasteiger partial charge >= 0.3 is 0 Å². The first-order valence-electron chi connectivity index (χ1n) is 6.41. The number of nitrogens with one attached hydrogen (secondary N) is 1. The van der Waals surface area contributed by atoms with Crippen LogP contribution in [0.5, 0.6) is 0 Å². The van der Waals surface area contributed by atoms with Crippen LogP contribution in [0.25, 0.3) is 0 Å². The van der Waals surface area contributed by atoms with Crippen LogP contribution in [-0.2, 0) is 0 Å². The van der Waals surface area contributed by atoms with Crippen LogP contribution < -0.4 is 5.32 Å². The number of nitrogens with zero attached hydrogens (tertiary/aromatic N) is 1. The van der Waals surface area contributed by atoms with Crippen molar-refractivity contribution in [2.24, 2.45) is 5.92 Å². The lowest BCUT2D eigenvalue weighted by Crippen LogP contribution is -2.39. The number of hydrogen-bond acceptors (Lipinski definition) is 2. The fourth-order valence-corrected chi connectivity index (χ4v) is 3.20. The quantitative estimate of drug-likeness (QED) is 0.731. The molecular weight excluding hydrogens is 172 g/mol. The van der Waals surface area contributed by atoms with Crippen molar-refractivity contribution >= 4 is 0 Å². The predicted octanol–water partition coefficient (Wildman–Crippen LogP) is 1.61. The Labute approximate surface area is 87.0 Å². The second-order valence-electron chi connectivity index (χ2n) is 5.33. The summed E-state index contributed by atoms with van der Waals surface area (Å²) in [5.41, 5.74) is 0. The first-order valence-corrected chi connectivity index (χ1v) is 6.41. The molecule has 0 spiro atoms. The maximum absolute atomic E-state index is 3.78. The summed E-state index contributed by atoms with van der Waals surface area (Å²) in [4.78, 5) is 2.69. The number of hydrogen-bond donors (Lipinski definition) is 1. The molecule has 2 saturated heterocycles. The Hall–Kier alpha value is -0.0800. The van der Waals surface area contributed by atoms with Crippen LogP contribution in [0.2, 0.25) is 0 Å². The van der Waals surface area contributed by atoms with Crippen molar-refractivity contribution in [2.75, 3.05) is 19.6 Å². The maximum atomic E-state index is 3.78. The standard InChI is InChI=1S/C12H22N2/c1-2-12-11(6-9-14(12)8-1)13-7-5-10-3-4-10/h10-13H,1-9H2. The molecule has 2 heterocycles. The molecule has 0 aromatic heterocycles. The topological polar surface area (TPSA) is 15.3 Å². The smallest absolute Gasteiger partial charge is 0.0250 e. The van der Waals surface area contributed by atoms with Gasteiger partial charge in [-0.05, 0) is 44.7 Å². The normalized spacial score (nSPS) is 37.7. The van der Waals surface area contributed by atoms with E-state index in [4.69, 9.17) is 0 Å². The van der Waals surface area contributed by atoms with Gasteiger partial charge in [0.2, 0.25) is 0 Å². The summed E-state index contributed by atoms with van der Waals surface area (Å²) in [5, 5.41) is 3.78. The summed E-state index contributed by atoms with van der Waals surface area (Å²) in [6.07, 6.45) is 8.72. The van der Waals surface area contributed by atoms with Crippen LogP contribution in [0.1, 0.15) is 38.5 Å². The molecule has 1 N–H and O–H groups in total. The molecule has 80 valence electrons. The minimum Gasteiger partial charge on any atom is -0.312 e. The molecule has 0 bridgehead atoms. The van der Waals surface area contributed by atoms with Crippen LogP contribution in [0.3, 0.4) is 0 Å². The van der Waals surface area contributed by atoms with Gasteiger partial charge in [-0.25, -0.2) is 0 Å². The van der Waals surface area contributed by atoms with Gasteiger partial charge < -0.3 is 5.32 Å². The molecule has 0 aromatic rings. The molecule has 2 aliphatic heterocycles. The first kappa shape index (κ1) is 9.17. The lowest BCUT2D eigenvalue weighted by Gasteiger charge is -2.21. The van der Waals surface area contributed by atoms with Gasteiger partial charge in [0.05, 0.1) is 0 Å². The summed E-state index contributed by atoms with van der Waals surface area (Å²) < 4.78 is 0. The van der Waals surface area contributed by atoms with E-state index in [1.807, 2.05) is 0 Å². The number of fused-ring (bicyclic) bond motifs is 1. The van der Waals surface area contributed by atoms with E-state index in [2.05, 4.69) is 10.2 Å². The van der Waals surface area contributed by atoms with E-state index in [0.717, 1.165) is 18.0 Å². The summed E-state index contributed by atoms with van der Waals surface area (Å²) in [5.74, 6) is 1.09. The first-order chi connectivity index (χ1) is 6.93. The Morgan fingerprint density at radius 3 is 2.86 bits per heavy atom. The van der Waals surface area contributed by atoms with Crippen molar-refractivity contribution in [3.05, 3.63) is 0 Å². The van der Waals surface area contributed by atoms with E-state index >= 15 is 0 Å². The molecule has 0 amide bonds. The van der Waals surface area contributed by atoms with Crippen LogP contribution in [0, 0.1) is 5.92 Å². The van der Waals surface area contributed by atoms with Gasteiger partial charge in [-0.2, -0.15) is 0 Å².